The van der Waals surface area contributed by atoms with Crippen LogP contribution in [-0.2, 0) is 4.79 Å². The third-order valence-electron chi connectivity index (χ3n) is 3.42. The molecule has 0 aliphatic carbocycles. The maximum Gasteiger partial charge on any atom is 0.475 e. The van der Waals surface area contributed by atoms with Crippen molar-refractivity contribution in [1.29, 1.82) is 0 Å². The Morgan fingerprint density at radius 2 is 2.05 bits per heavy atom. The van der Waals surface area contributed by atoms with Gasteiger partial charge in [0.05, 0.1) is 5.94 Å². The van der Waals surface area contributed by atoms with Gasteiger partial charge >= 0.3 is 7.12 Å². The molecule has 0 unspecified atom stereocenters. The SMILES string of the molecule is N[C@H](C(=O)N1CCC[C@H]1B(O)O)c1ccc(Br)cc1. The van der Waals surface area contributed by atoms with Crippen molar-refractivity contribution in [2.45, 2.75) is 24.8 Å². The zero-order chi connectivity index (χ0) is 14.0. The largest absolute Gasteiger partial charge is 0.475 e. The van der Waals surface area contributed by atoms with E-state index in [1.807, 2.05) is 12.1 Å². The molecule has 1 aromatic rings. The van der Waals surface area contributed by atoms with Gasteiger partial charge in [0, 0.05) is 11.0 Å². The summed E-state index contributed by atoms with van der Waals surface area (Å²) in [6, 6.07) is 6.45. The van der Waals surface area contributed by atoms with Crippen LogP contribution in [0.3, 0.4) is 0 Å². The molecular weight excluding hydrogens is 311 g/mol. The van der Waals surface area contributed by atoms with Crippen LogP contribution in [0.15, 0.2) is 28.7 Å². The first-order valence-electron chi connectivity index (χ1n) is 6.18. The van der Waals surface area contributed by atoms with Gasteiger partial charge in [-0.2, -0.15) is 0 Å². The van der Waals surface area contributed by atoms with Crippen LogP contribution in [0.5, 0.6) is 0 Å². The van der Waals surface area contributed by atoms with E-state index in [1.165, 1.54) is 4.90 Å². The molecular formula is C12H16BBrN2O3. The fourth-order valence-electron chi connectivity index (χ4n) is 2.37. The molecule has 1 fully saturated rings. The summed E-state index contributed by atoms with van der Waals surface area (Å²) < 4.78 is 0.917. The Bertz CT molecular complexity index is 455. The van der Waals surface area contributed by atoms with Gasteiger partial charge < -0.3 is 20.7 Å². The molecule has 4 N–H and O–H groups in total. The molecule has 19 heavy (non-hydrogen) atoms. The Balaban J connectivity index is 2.12. The summed E-state index contributed by atoms with van der Waals surface area (Å²) in [6.07, 6.45) is 1.36. The van der Waals surface area contributed by atoms with E-state index in [1.54, 1.807) is 12.1 Å². The number of rotatable bonds is 3. The van der Waals surface area contributed by atoms with Crippen molar-refractivity contribution in [2.75, 3.05) is 6.54 Å². The lowest BCUT2D eigenvalue weighted by Gasteiger charge is -2.27. The average molecular weight is 327 g/mol. The van der Waals surface area contributed by atoms with E-state index in [2.05, 4.69) is 15.9 Å². The number of amides is 1. The minimum Gasteiger partial charge on any atom is -0.426 e. The van der Waals surface area contributed by atoms with Gasteiger partial charge in [-0.05, 0) is 30.5 Å². The van der Waals surface area contributed by atoms with E-state index in [0.29, 0.717) is 18.5 Å². The number of nitrogens with zero attached hydrogens (tertiary/aromatic N) is 1. The van der Waals surface area contributed by atoms with Crippen LogP contribution in [0, 0.1) is 0 Å². The highest BCUT2D eigenvalue weighted by atomic mass is 79.9. The Morgan fingerprint density at radius 1 is 1.42 bits per heavy atom. The lowest BCUT2D eigenvalue weighted by Crippen LogP contribution is -2.48. The summed E-state index contributed by atoms with van der Waals surface area (Å²) in [5.74, 6) is -0.813. The predicted octanol–water partition coefficient (Wildman–Crippen LogP) is 0.452. The number of nitrogens with two attached hydrogens (primary N) is 1. The Hall–Kier alpha value is -0.885. The molecule has 7 heteroatoms. The Morgan fingerprint density at radius 3 is 2.63 bits per heavy atom. The standard InChI is InChI=1S/C12H16BBrN2O3/c14-9-5-3-8(4-6-9)11(15)12(17)16-7-1-2-10(16)13(18)19/h3-6,10-11,18-19H,1-2,7,15H2/t10-,11-/m0/s1. The minimum atomic E-state index is -1.51. The van der Waals surface area contributed by atoms with Crippen molar-refractivity contribution in [3.63, 3.8) is 0 Å². The number of carbonyl (C=O) groups excluding carboxylic acids is 1. The Kier molecular flexibility index (Phi) is 4.62. The fraction of sp³-hybridized carbons (Fsp3) is 0.417. The van der Waals surface area contributed by atoms with E-state index < -0.39 is 19.1 Å². The number of benzene rings is 1. The fourth-order valence-corrected chi connectivity index (χ4v) is 2.63. The quantitative estimate of drug-likeness (QED) is 0.704. The second kappa shape index (κ2) is 6.05. The predicted molar refractivity (Wildman–Crippen MR) is 76.0 cm³/mol. The topological polar surface area (TPSA) is 86.8 Å². The lowest BCUT2D eigenvalue weighted by atomic mass is 9.77. The van der Waals surface area contributed by atoms with E-state index in [4.69, 9.17) is 5.73 Å². The molecule has 1 aliphatic rings. The van der Waals surface area contributed by atoms with Crippen LogP contribution in [0.25, 0.3) is 0 Å². The zero-order valence-electron chi connectivity index (χ0n) is 10.4. The van der Waals surface area contributed by atoms with Gasteiger partial charge in [0.15, 0.2) is 0 Å². The second-order valence-corrected chi connectivity index (χ2v) is 5.60. The van der Waals surface area contributed by atoms with Crippen molar-refractivity contribution in [1.82, 2.24) is 4.90 Å². The number of hydrogen-bond donors (Lipinski definition) is 3. The molecule has 5 nitrogen and oxygen atoms in total. The molecule has 1 aromatic carbocycles. The average Bonchev–Trinajstić information content (AvgIpc) is 2.87. The summed E-state index contributed by atoms with van der Waals surface area (Å²) in [7, 11) is -1.51. The van der Waals surface area contributed by atoms with Crippen LogP contribution in [0.1, 0.15) is 24.4 Å². The molecule has 1 amide bonds. The van der Waals surface area contributed by atoms with Crippen LogP contribution in [0.4, 0.5) is 0 Å². The summed E-state index contributed by atoms with van der Waals surface area (Å²) in [5, 5.41) is 18.5. The summed E-state index contributed by atoms with van der Waals surface area (Å²) in [4.78, 5) is 13.8. The van der Waals surface area contributed by atoms with Crippen molar-refractivity contribution in [3.05, 3.63) is 34.3 Å². The van der Waals surface area contributed by atoms with Crippen LogP contribution >= 0.6 is 15.9 Å². The third kappa shape index (κ3) is 3.17. The summed E-state index contributed by atoms with van der Waals surface area (Å²) in [5.41, 5.74) is 6.68. The van der Waals surface area contributed by atoms with Gasteiger partial charge in [-0.25, -0.2) is 0 Å². The number of hydrogen-bond acceptors (Lipinski definition) is 4. The van der Waals surface area contributed by atoms with Crippen LogP contribution < -0.4 is 5.73 Å². The van der Waals surface area contributed by atoms with Gasteiger partial charge in [-0.15, -0.1) is 0 Å². The molecule has 102 valence electrons. The van der Waals surface area contributed by atoms with Crippen molar-refractivity contribution < 1.29 is 14.8 Å². The van der Waals surface area contributed by atoms with Crippen molar-refractivity contribution in [2.24, 2.45) is 5.73 Å². The maximum atomic E-state index is 12.3. The van der Waals surface area contributed by atoms with Crippen molar-refractivity contribution in [3.8, 4) is 0 Å². The molecule has 1 saturated heterocycles. The highest BCUT2D eigenvalue weighted by molar-refractivity contribution is 9.10. The molecule has 0 bridgehead atoms. The molecule has 1 heterocycles. The normalized spacial score (nSPS) is 20.4. The molecule has 0 aromatic heterocycles. The first-order chi connectivity index (χ1) is 9.00. The maximum absolute atomic E-state index is 12.3. The molecule has 0 saturated carbocycles. The minimum absolute atomic E-state index is 0.266. The lowest BCUT2D eigenvalue weighted by molar-refractivity contribution is -0.132. The number of carbonyl (C=O) groups is 1. The van der Waals surface area contributed by atoms with E-state index in [-0.39, 0.29) is 5.91 Å². The van der Waals surface area contributed by atoms with E-state index >= 15 is 0 Å². The van der Waals surface area contributed by atoms with Gasteiger partial charge in [0.1, 0.15) is 6.04 Å². The number of likely N-dealkylation sites (tertiary alicyclic amines) is 1. The zero-order valence-corrected chi connectivity index (χ0v) is 12.0. The highest BCUT2D eigenvalue weighted by Gasteiger charge is 2.38. The molecule has 0 radical (unpaired) electrons. The monoisotopic (exact) mass is 326 g/mol. The smallest absolute Gasteiger partial charge is 0.426 e. The molecule has 1 aliphatic heterocycles. The van der Waals surface area contributed by atoms with Gasteiger partial charge in [-0.3, -0.25) is 4.79 Å². The Labute approximate surface area is 120 Å². The number of halogens is 1. The van der Waals surface area contributed by atoms with Gasteiger partial charge in [-0.1, -0.05) is 28.1 Å². The van der Waals surface area contributed by atoms with E-state index in [9.17, 15) is 14.8 Å². The van der Waals surface area contributed by atoms with Crippen LogP contribution in [0.2, 0.25) is 0 Å². The highest BCUT2D eigenvalue weighted by Crippen LogP contribution is 2.23. The summed E-state index contributed by atoms with van der Waals surface area (Å²) in [6.45, 7) is 0.519. The first-order valence-corrected chi connectivity index (χ1v) is 6.97. The first kappa shape index (κ1) is 14.5. The third-order valence-corrected chi connectivity index (χ3v) is 3.95. The van der Waals surface area contributed by atoms with Gasteiger partial charge in [0.2, 0.25) is 5.91 Å². The summed E-state index contributed by atoms with van der Waals surface area (Å²) >= 11 is 3.32. The van der Waals surface area contributed by atoms with Crippen LogP contribution in [-0.4, -0.2) is 40.5 Å². The van der Waals surface area contributed by atoms with Gasteiger partial charge in [0.25, 0.3) is 0 Å². The molecule has 2 rings (SSSR count). The molecule has 2 atom stereocenters. The van der Waals surface area contributed by atoms with E-state index in [0.717, 1.165) is 10.9 Å². The van der Waals surface area contributed by atoms with Crippen molar-refractivity contribution >= 4 is 29.0 Å². The molecule has 0 spiro atoms. The second-order valence-electron chi connectivity index (χ2n) is 4.68.